The molecule has 1 aliphatic rings. The van der Waals surface area contributed by atoms with Crippen LogP contribution in [0.15, 0.2) is 0 Å². The molecule has 5 heteroatoms. The summed E-state index contributed by atoms with van der Waals surface area (Å²) in [5.41, 5.74) is -0.366. The molecule has 0 aromatic rings. The number of carbonyl (C=O) groups excluding carboxylic acids is 1. The van der Waals surface area contributed by atoms with Crippen LogP contribution in [0.4, 0.5) is 4.79 Å². The summed E-state index contributed by atoms with van der Waals surface area (Å²) in [5.74, 6) is -0.920. The minimum Gasteiger partial charge on any atom is -0.480 e. The van der Waals surface area contributed by atoms with E-state index < -0.39 is 12.0 Å². The van der Waals surface area contributed by atoms with Crippen LogP contribution in [0.25, 0.3) is 0 Å². The van der Waals surface area contributed by atoms with Gasteiger partial charge in [-0.2, -0.15) is 0 Å². The van der Waals surface area contributed by atoms with Gasteiger partial charge in [-0.1, -0.05) is 13.8 Å². The highest BCUT2D eigenvalue weighted by molar-refractivity contribution is 5.83. The quantitative estimate of drug-likeness (QED) is 0.748. The summed E-state index contributed by atoms with van der Waals surface area (Å²) in [6, 6.07) is -1.00. The van der Waals surface area contributed by atoms with Crippen LogP contribution in [0.2, 0.25) is 0 Å². The standard InChI is InChI=1S/C11H20N2O3/c1-4-12-10(16)13-7-5-6-11(2,3)8(13)9(14)15/h8H,4-7H2,1-3H3,(H,12,16)(H,14,15). The van der Waals surface area contributed by atoms with Crippen molar-refractivity contribution in [2.75, 3.05) is 13.1 Å². The summed E-state index contributed by atoms with van der Waals surface area (Å²) >= 11 is 0. The first-order chi connectivity index (χ1) is 7.40. The highest BCUT2D eigenvalue weighted by Crippen LogP contribution is 2.35. The molecule has 0 aliphatic carbocycles. The first-order valence-corrected chi connectivity index (χ1v) is 5.67. The van der Waals surface area contributed by atoms with Gasteiger partial charge in [0.25, 0.3) is 0 Å². The zero-order valence-corrected chi connectivity index (χ0v) is 10.1. The normalized spacial score (nSPS) is 23.9. The monoisotopic (exact) mass is 228 g/mol. The number of nitrogens with one attached hydrogen (secondary N) is 1. The average Bonchev–Trinajstić information content (AvgIpc) is 2.15. The second kappa shape index (κ2) is 4.72. The number of carboxylic acids is 1. The first-order valence-electron chi connectivity index (χ1n) is 5.67. The predicted octanol–water partition coefficient (Wildman–Crippen LogP) is 1.29. The Morgan fingerprint density at radius 2 is 2.12 bits per heavy atom. The summed E-state index contributed by atoms with van der Waals surface area (Å²) in [6.45, 7) is 6.66. The van der Waals surface area contributed by atoms with Gasteiger partial charge in [0, 0.05) is 13.1 Å². The molecule has 0 aromatic carbocycles. The molecule has 0 radical (unpaired) electrons. The fourth-order valence-electron chi connectivity index (χ4n) is 2.33. The zero-order chi connectivity index (χ0) is 12.3. The third-order valence-electron chi connectivity index (χ3n) is 3.09. The number of hydrogen-bond acceptors (Lipinski definition) is 2. The van der Waals surface area contributed by atoms with Crippen molar-refractivity contribution in [1.29, 1.82) is 0 Å². The van der Waals surface area contributed by atoms with E-state index in [0.717, 1.165) is 12.8 Å². The molecule has 0 bridgehead atoms. The van der Waals surface area contributed by atoms with Crippen LogP contribution in [-0.4, -0.2) is 41.1 Å². The topological polar surface area (TPSA) is 69.6 Å². The number of carbonyl (C=O) groups is 2. The van der Waals surface area contributed by atoms with E-state index >= 15 is 0 Å². The molecule has 0 spiro atoms. The molecule has 16 heavy (non-hydrogen) atoms. The van der Waals surface area contributed by atoms with Crippen molar-refractivity contribution in [2.24, 2.45) is 5.41 Å². The van der Waals surface area contributed by atoms with E-state index in [4.69, 9.17) is 0 Å². The SMILES string of the molecule is CCNC(=O)N1CCCC(C)(C)C1C(=O)O. The van der Waals surface area contributed by atoms with Crippen molar-refractivity contribution in [2.45, 2.75) is 39.7 Å². The molecule has 1 heterocycles. The molecule has 2 N–H and O–H groups in total. The van der Waals surface area contributed by atoms with Gasteiger partial charge in [0.2, 0.25) is 0 Å². The lowest BCUT2D eigenvalue weighted by atomic mass is 9.76. The molecule has 1 aliphatic heterocycles. The molecular formula is C11H20N2O3. The van der Waals surface area contributed by atoms with E-state index in [-0.39, 0.29) is 11.4 Å². The third kappa shape index (κ3) is 2.46. The third-order valence-corrected chi connectivity index (χ3v) is 3.09. The van der Waals surface area contributed by atoms with Crippen LogP contribution >= 0.6 is 0 Å². The smallest absolute Gasteiger partial charge is 0.327 e. The minimum atomic E-state index is -0.920. The van der Waals surface area contributed by atoms with Crippen molar-refractivity contribution >= 4 is 12.0 Å². The Hall–Kier alpha value is -1.26. The Balaban J connectivity index is 2.89. The Morgan fingerprint density at radius 1 is 1.50 bits per heavy atom. The predicted molar refractivity (Wildman–Crippen MR) is 60.2 cm³/mol. The highest BCUT2D eigenvalue weighted by Gasteiger charge is 2.44. The lowest BCUT2D eigenvalue weighted by molar-refractivity contribution is -0.148. The van der Waals surface area contributed by atoms with Crippen LogP contribution < -0.4 is 5.32 Å². The fraction of sp³-hybridized carbons (Fsp3) is 0.818. The number of amides is 2. The van der Waals surface area contributed by atoms with Crippen LogP contribution in [-0.2, 0) is 4.79 Å². The van der Waals surface area contributed by atoms with Gasteiger partial charge in [0.15, 0.2) is 0 Å². The molecule has 1 saturated heterocycles. The van der Waals surface area contributed by atoms with Gasteiger partial charge in [-0.15, -0.1) is 0 Å². The number of nitrogens with zero attached hydrogens (tertiary/aromatic N) is 1. The Kier molecular flexibility index (Phi) is 3.78. The summed E-state index contributed by atoms with van der Waals surface area (Å²) < 4.78 is 0. The maximum atomic E-state index is 11.8. The lowest BCUT2D eigenvalue weighted by Crippen LogP contribution is -2.58. The molecule has 5 nitrogen and oxygen atoms in total. The van der Waals surface area contributed by atoms with Crippen LogP contribution in [0.1, 0.15) is 33.6 Å². The Morgan fingerprint density at radius 3 is 2.62 bits per heavy atom. The van der Waals surface area contributed by atoms with Gasteiger partial charge in [0.1, 0.15) is 6.04 Å². The number of likely N-dealkylation sites (tertiary alicyclic amines) is 1. The second-order valence-electron chi connectivity index (χ2n) is 4.86. The van der Waals surface area contributed by atoms with Gasteiger partial charge in [-0.3, -0.25) is 0 Å². The van der Waals surface area contributed by atoms with E-state index in [1.807, 2.05) is 20.8 Å². The van der Waals surface area contributed by atoms with E-state index in [0.29, 0.717) is 13.1 Å². The van der Waals surface area contributed by atoms with E-state index in [2.05, 4.69) is 5.32 Å². The molecule has 0 aromatic heterocycles. The highest BCUT2D eigenvalue weighted by atomic mass is 16.4. The molecule has 1 atom stereocenters. The second-order valence-corrected chi connectivity index (χ2v) is 4.86. The van der Waals surface area contributed by atoms with Gasteiger partial charge < -0.3 is 15.3 Å². The van der Waals surface area contributed by atoms with Gasteiger partial charge >= 0.3 is 12.0 Å². The van der Waals surface area contributed by atoms with Crippen molar-refractivity contribution in [1.82, 2.24) is 10.2 Å². The van der Waals surface area contributed by atoms with Crippen molar-refractivity contribution in [3.05, 3.63) is 0 Å². The minimum absolute atomic E-state index is 0.275. The summed E-state index contributed by atoms with van der Waals surface area (Å²) in [5, 5.41) is 11.9. The van der Waals surface area contributed by atoms with E-state index in [9.17, 15) is 14.7 Å². The van der Waals surface area contributed by atoms with Gasteiger partial charge in [-0.25, -0.2) is 9.59 Å². The Bertz CT molecular complexity index is 289. The zero-order valence-electron chi connectivity index (χ0n) is 10.1. The number of carboxylic acid groups (broad SMARTS) is 1. The largest absolute Gasteiger partial charge is 0.480 e. The molecule has 92 valence electrons. The maximum Gasteiger partial charge on any atom is 0.327 e. The number of hydrogen-bond donors (Lipinski definition) is 2. The number of piperidine rings is 1. The van der Waals surface area contributed by atoms with Crippen molar-refractivity contribution in [3.63, 3.8) is 0 Å². The van der Waals surface area contributed by atoms with E-state index in [1.165, 1.54) is 4.90 Å². The van der Waals surface area contributed by atoms with Gasteiger partial charge in [-0.05, 0) is 25.2 Å². The van der Waals surface area contributed by atoms with Crippen LogP contribution in [0.3, 0.4) is 0 Å². The van der Waals surface area contributed by atoms with Crippen molar-refractivity contribution in [3.8, 4) is 0 Å². The molecule has 0 saturated carbocycles. The lowest BCUT2D eigenvalue weighted by Gasteiger charge is -2.43. The number of rotatable bonds is 2. The molecular weight excluding hydrogens is 208 g/mol. The summed E-state index contributed by atoms with van der Waals surface area (Å²) in [6.07, 6.45) is 1.69. The number of aliphatic carboxylic acids is 1. The fourth-order valence-corrected chi connectivity index (χ4v) is 2.33. The van der Waals surface area contributed by atoms with E-state index in [1.54, 1.807) is 0 Å². The molecule has 2 amide bonds. The van der Waals surface area contributed by atoms with Gasteiger partial charge in [0.05, 0.1) is 0 Å². The maximum absolute atomic E-state index is 11.8. The molecule has 1 unspecified atom stereocenters. The van der Waals surface area contributed by atoms with Crippen LogP contribution in [0, 0.1) is 5.41 Å². The molecule has 1 fully saturated rings. The van der Waals surface area contributed by atoms with Crippen molar-refractivity contribution < 1.29 is 14.7 Å². The summed E-state index contributed by atoms with van der Waals surface area (Å²) in [4.78, 5) is 24.5. The number of urea groups is 1. The first kappa shape index (κ1) is 12.8. The Labute approximate surface area is 95.8 Å². The average molecular weight is 228 g/mol. The van der Waals surface area contributed by atoms with Crippen LogP contribution in [0.5, 0.6) is 0 Å². The molecule has 1 rings (SSSR count). The summed E-state index contributed by atoms with van der Waals surface area (Å²) in [7, 11) is 0.